The van der Waals surface area contributed by atoms with Gasteiger partial charge in [-0.15, -0.1) is 5.10 Å². The van der Waals surface area contributed by atoms with E-state index in [9.17, 15) is 4.79 Å². The maximum absolute atomic E-state index is 13.4. The number of pyridine rings is 1. The van der Waals surface area contributed by atoms with Crippen molar-refractivity contribution in [3.05, 3.63) is 70.7 Å². The van der Waals surface area contributed by atoms with Crippen LogP contribution in [0.5, 0.6) is 0 Å². The van der Waals surface area contributed by atoms with Crippen LogP contribution in [0.4, 0.5) is 11.6 Å². The number of thioether (sulfide) groups is 1. The largest absolute Gasteiger partial charge is 0.328 e. The molecule has 0 unspecified atom stereocenters. The van der Waals surface area contributed by atoms with E-state index in [1.807, 2.05) is 51.3 Å². The lowest BCUT2D eigenvalue weighted by atomic mass is 9.96. The summed E-state index contributed by atoms with van der Waals surface area (Å²) in [5, 5.41) is 11.5. The third-order valence-corrected chi connectivity index (χ3v) is 5.43. The number of rotatable bonds is 4. The summed E-state index contributed by atoms with van der Waals surface area (Å²) in [6.07, 6.45) is 5.40. The molecule has 0 saturated heterocycles. The summed E-state index contributed by atoms with van der Waals surface area (Å²) in [4.78, 5) is 22.1. The minimum Gasteiger partial charge on any atom is -0.328 e. The maximum atomic E-state index is 13.4. The number of allylic oxidation sites excluding steroid dienone is 1. The first-order chi connectivity index (χ1) is 14.0. The van der Waals surface area contributed by atoms with E-state index in [1.54, 1.807) is 17.1 Å². The van der Waals surface area contributed by atoms with Gasteiger partial charge >= 0.3 is 0 Å². The number of nitrogens with one attached hydrogen (secondary N) is 2. The highest BCUT2D eigenvalue weighted by atomic mass is 32.2. The molecule has 0 radical (unpaired) electrons. The van der Waals surface area contributed by atoms with Crippen molar-refractivity contribution < 1.29 is 4.79 Å². The summed E-state index contributed by atoms with van der Waals surface area (Å²) in [5.74, 6) is 0.437. The van der Waals surface area contributed by atoms with Crippen LogP contribution in [0.2, 0.25) is 0 Å². The molecule has 148 valence electrons. The van der Waals surface area contributed by atoms with Crippen LogP contribution in [-0.2, 0) is 4.79 Å². The topological polar surface area (TPSA) is 84.7 Å². The first kappa shape index (κ1) is 19.2. The number of aryl methyl sites for hydroxylation is 2. The molecule has 3 aromatic rings. The fourth-order valence-electron chi connectivity index (χ4n) is 3.50. The molecule has 2 N–H and O–H groups in total. The number of fused-ring (bicyclic) bond motifs is 1. The average Bonchev–Trinajstić information content (AvgIpc) is 3.12. The lowest BCUT2D eigenvalue weighted by Gasteiger charge is -2.28. The summed E-state index contributed by atoms with van der Waals surface area (Å²) >= 11 is 1.46. The van der Waals surface area contributed by atoms with Gasteiger partial charge in [0.05, 0.1) is 5.57 Å². The molecule has 0 saturated carbocycles. The molecule has 2 aromatic heterocycles. The van der Waals surface area contributed by atoms with Crippen molar-refractivity contribution in [1.82, 2.24) is 19.7 Å². The number of benzene rings is 1. The van der Waals surface area contributed by atoms with Gasteiger partial charge in [0.2, 0.25) is 11.1 Å². The van der Waals surface area contributed by atoms with E-state index in [1.165, 1.54) is 11.8 Å². The first-order valence-corrected chi connectivity index (χ1v) is 10.5. The van der Waals surface area contributed by atoms with Gasteiger partial charge in [-0.1, -0.05) is 35.5 Å². The highest BCUT2D eigenvalue weighted by Crippen LogP contribution is 2.36. The van der Waals surface area contributed by atoms with Crippen molar-refractivity contribution in [2.24, 2.45) is 0 Å². The van der Waals surface area contributed by atoms with Crippen molar-refractivity contribution in [3.8, 4) is 0 Å². The molecule has 1 aromatic carbocycles. The predicted molar refractivity (Wildman–Crippen MR) is 115 cm³/mol. The summed E-state index contributed by atoms with van der Waals surface area (Å²) in [6, 6.07) is 9.36. The Morgan fingerprint density at radius 1 is 1.24 bits per heavy atom. The second-order valence-corrected chi connectivity index (χ2v) is 7.77. The van der Waals surface area contributed by atoms with E-state index >= 15 is 0 Å². The Bertz CT molecular complexity index is 1110. The molecule has 29 heavy (non-hydrogen) atoms. The number of carbonyl (C=O) groups is 1. The number of aromatic nitrogens is 4. The molecule has 4 rings (SSSR count). The van der Waals surface area contributed by atoms with Gasteiger partial charge in [0.25, 0.3) is 5.91 Å². The van der Waals surface area contributed by atoms with Crippen LogP contribution in [0.3, 0.4) is 0 Å². The summed E-state index contributed by atoms with van der Waals surface area (Å²) < 4.78 is 1.76. The molecular weight excluding hydrogens is 384 g/mol. The minimum absolute atomic E-state index is 0.178. The second-order valence-electron chi connectivity index (χ2n) is 6.99. The Labute approximate surface area is 173 Å². The van der Waals surface area contributed by atoms with E-state index in [4.69, 9.17) is 0 Å². The third kappa shape index (κ3) is 3.63. The number of hydrogen-bond acceptors (Lipinski definition) is 6. The van der Waals surface area contributed by atoms with Gasteiger partial charge < -0.3 is 10.6 Å². The van der Waals surface area contributed by atoms with E-state index in [-0.39, 0.29) is 5.91 Å². The van der Waals surface area contributed by atoms with Gasteiger partial charge in [0.1, 0.15) is 6.04 Å². The zero-order valence-electron chi connectivity index (χ0n) is 16.7. The molecule has 0 bridgehead atoms. The van der Waals surface area contributed by atoms with Crippen LogP contribution < -0.4 is 10.6 Å². The van der Waals surface area contributed by atoms with Crippen molar-refractivity contribution >= 4 is 29.3 Å². The van der Waals surface area contributed by atoms with Crippen LogP contribution in [0.15, 0.2) is 59.2 Å². The predicted octanol–water partition coefficient (Wildman–Crippen LogP) is 3.94. The van der Waals surface area contributed by atoms with Crippen molar-refractivity contribution in [3.63, 3.8) is 0 Å². The van der Waals surface area contributed by atoms with E-state index in [2.05, 4.69) is 31.8 Å². The van der Waals surface area contributed by atoms with Gasteiger partial charge in [-0.3, -0.25) is 9.78 Å². The standard InChI is InChI=1S/C21H22N6OS/c1-12-7-8-16(13(2)10-12)24-19(28)17-14(3)23-20-25-21(29-4)26-27(20)18(17)15-6-5-9-22-11-15/h5-11,18H,1-4H3,(H,24,28)(H,23,25,26)/t18-/m0/s1. The second kappa shape index (κ2) is 7.71. The highest BCUT2D eigenvalue weighted by Gasteiger charge is 2.34. The van der Waals surface area contributed by atoms with Crippen LogP contribution in [0, 0.1) is 13.8 Å². The molecule has 3 heterocycles. The van der Waals surface area contributed by atoms with Crippen LogP contribution in [0.25, 0.3) is 0 Å². The maximum Gasteiger partial charge on any atom is 0.255 e. The molecule has 1 aliphatic rings. The van der Waals surface area contributed by atoms with Gasteiger partial charge in [-0.25, -0.2) is 4.68 Å². The molecule has 1 aliphatic heterocycles. The van der Waals surface area contributed by atoms with E-state index in [0.29, 0.717) is 16.7 Å². The number of amides is 1. The zero-order valence-corrected chi connectivity index (χ0v) is 17.5. The fraction of sp³-hybridized carbons (Fsp3) is 0.238. The zero-order chi connectivity index (χ0) is 20.5. The number of carbonyl (C=O) groups excluding carboxylic acids is 1. The minimum atomic E-state index is -0.417. The van der Waals surface area contributed by atoms with E-state index in [0.717, 1.165) is 28.1 Å². The summed E-state index contributed by atoms with van der Waals surface area (Å²) in [5.41, 5.74) is 5.17. The Morgan fingerprint density at radius 3 is 2.76 bits per heavy atom. The lowest BCUT2D eigenvalue weighted by Crippen LogP contribution is -2.31. The van der Waals surface area contributed by atoms with E-state index < -0.39 is 6.04 Å². The lowest BCUT2D eigenvalue weighted by molar-refractivity contribution is -0.113. The van der Waals surface area contributed by atoms with Gasteiger partial charge in [-0.2, -0.15) is 4.98 Å². The average molecular weight is 407 g/mol. The Balaban J connectivity index is 1.77. The smallest absolute Gasteiger partial charge is 0.255 e. The molecule has 1 amide bonds. The molecule has 0 fully saturated rings. The Hall–Kier alpha value is -3.13. The fourth-order valence-corrected chi connectivity index (χ4v) is 3.85. The van der Waals surface area contributed by atoms with Gasteiger partial charge in [-0.05, 0) is 50.3 Å². The summed E-state index contributed by atoms with van der Waals surface area (Å²) in [7, 11) is 0. The van der Waals surface area contributed by atoms with Crippen LogP contribution in [0.1, 0.15) is 29.7 Å². The monoisotopic (exact) mass is 406 g/mol. The first-order valence-electron chi connectivity index (χ1n) is 9.24. The van der Waals surface area contributed by atoms with Crippen molar-refractivity contribution in [1.29, 1.82) is 0 Å². The normalized spacial score (nSPS) is 15.7. The molecular formula is C21H22N6OS. The van der Waals surface area contributed by atoms with Crippen molar-refractivity contribution in [2.45, 2.75) is 32.0 Å². The number of anilines is 2. The third-order valence-electron chi connectivity index (χ3n) is 4.89. The van der Waals surface area contributed by atoms with Crippen molar-refractivity contribution in [2.75, 3.05) is 16.9 Å². The Morgan fingerprint density at radius 2 is 2.07 bits per heavy atom. The summed E-state index contributed by atoms with van der Waals surface area (Å²) in [6.45, 7) is 5.91. The Kier molecular flexibility index (Phi) is 5.10. The number of hydrogen-bond donors (Lipinski definition) is 2. The molecule has 7 nitrogen and oxygen atoms in total. The molecule has 8 heteroatoms. The van der Waals surface area contributed by atoms with Gasteiger partial charge in [0, 0.05) is 23.8 Å². The quantitative estimate of drug-likeness (QED) is 0.639. The molecule has 0 spiro atoms. The molecule has 0 aliphatic carbocycles. The van der Waals surface area contributed by atoms with Crippen LogP contribution in [-0.4, -0.2) is 31.9 Å². The highest BCUT2D eigenvalue weighted by molar-refractivity contribution is 7.98. The number of nitrogens with zero attached hydrogens (tertiary/aromatic N) is 4. The van der Waals surface area contributed by atoms with Crippen LogP contribution >= 0.6 is 11.8 Å². The van der Waals surface area contributed by atoms with Gasteiger partial charge in [0.15, 0.2) is 0 Å². The SMILES string of the molecule is CSc1nc2n(n1)[C@@H](c1cccnc1)C(C(=O)Nc1ccc(C)cc1C)=C(C)N2. The molecule has 1 atom stereocenters.